The largest absolute Gasteiger partial charge is 0.351 e. The maximum absolute atomic E-state index is 12.8. The average molecular weight is 476 g/mol. The van der Waals surface area contributed by atoms with E-state index in [9.17, 15) is 9.59 Å². The summed E-state index contributed by atoms with van der Waals surface area (Å²) in [4.78, 5) is 32.2. The van der Waals surface area contributed by atoms with Crippen LogP contribution in [-0.4, -0.2) is 59.3 Å². The molecule has 29 heavy (non-hydrogen) atoms. The molecule has 0 saturated carbocycles. The van der Waals surface area contributed by atoms with Crippen LogP contribution in [0.4, 0.5) is 5.69 Å². The number of aromatic nitrogens is 1. The van der Waals surface area contributed by atoms with Crippen molar-refractivity contribution in [2.24, 2.45) is 0 Å². The Labute approximate surface area is 181 Å². The third-order valence-electron chi connectivity index (χ3n) is 4.99. The third kappa shape index (κ3) is 4.63. The number of amides is 2. The van der Waals surface area contributed by atoms with E-state index in [1.165, 1.54) is 0 Å². The van der Waals surface area contributed by atoms with Crippen molar-refractivity contribution in [1.29, 1.82) is 0 Å². The van der Waals surface area contributed by atoms with Gasteiger partial charge in [-0.15, -0.1) is 0 Å². The number of rotatable bonds is 4. The Morgan fingerprint density at radius 3 is 2.55 bits per heavy atom. The molecule has 0 unspecified atom stereocenters. The lowest BCUT2D eigenvalue weighted by Crippen LogP contribution is -2.50. The van der Waals surface area contributed by atoms with Crippen molar-refractivity contribution < 1.29 is 9.59 Å². The van der Waals surface area contributed by atoms with Crippen LogP contribution in [0.15, 0.2) is 53.0 Å². The lowest BCUT2D eigenvalue weighted by molar-refractivity contribution is -0.117. The summed E-state index contributed by atoms with van der Waals surface area (Å²) in [7, 11) is 0. The summed E-state index contributed by atoms with van der Waals surface area (Å²) in [6.07, 6.45) is 0. The molecule has 4 rings (SSSR count). The molecule has 1 fully saturated rings. The monoisotopic (exact) mass is 474 g/mol. The van der Waals surface area contributed by atoms with Gasteiger partial charge >= 0.3 is 0 Å². The zero-order chi connectivity index (χ0) is 20.4. The molecule has 0 atom stereocenters. The number of fused-ring (bicyclic) bond motifs is 1. The number of hydrogen-bond acceptors (Lipinski definition) is 3. The van der Waals surface area contributed by atoms with Gasteiger partial charge in [-0.2, -0.15) is 0 Å². The van der Waals surface area contributed by atoms with E-state index in [1.807, 2.05) is 46.2 Å². The van der Waals surface area contributed by atoms with Gasteiger partial charge in [-0.05, 0) is 30.3 Å². The molecule has 2 heterocycles. The molecule has 2 aromatic carbocycles. The van der Waals surface area contributed by atoms with E-state index in [-0.39, 0.29) is 18.4 Å². The molecule has 1 aliphatic rings. The zero-order valence-electron chi connectivity index (χ0n) is 15.6. The minimum absolute atomic E-state index is 0.00746. The normalized spacial score (nSPS) is 14.9. The molecule has 0 radical (unpaired) electrons. The topological polar surface area (TPSA) is 68.4 Å². The smallest absolute Gasteiger partial charge is 0.270 e. The predicted octanol–water partition coefficient (Wildman–Crippen LogP) is 3.98. The van der Waals surface area contributed by atoms with Gasteiger partial charge < -0.3 is 15.2 Å². The van der Waals surface area contributed by atoms with Crippen LogP contribution in [0.2, 0.25) is 5.02 Å². The van der Waals surface area contributed by atoms with Crippen molar-refractivity contribution >= 4 is 55.9 Å². The van der Waals surface area contributed by atoms with Crippen molar-refractivity contribution in [1.82, 2.24) is 14.8 Å². The summed E-state index contributed by atoms with van der Waals surface area (Å²) >= 11 is 9.50. The Bertz CT molecular complexity index is 1030. The molecule has 150 valence electrons. The van der Waals surface area contributed by atoms with E-state index in [0.29, 0.717) is 42.6 Å². The Morgan fingerprint density at radius 1 is 1.07 bits per heavy atom. The highest BCUT2D eigenvalue weighted by atomic mass is 79.9. The predicted molar refractivity (Wildman–Crippen MR) is 118 cm³/mol. The van der Waals surface area contributed by atoms with Crippen LogP contribution in [0.1, 0.15) is 10.5 Å². The highest BCUT2D eigenvalue weighted by Crippen LogP contribution is 2.25. The lowest BCUT2D eigenvalue weighted by Gasteiger charge is -2.34. The van der Waals surface area contributed by atoms with E-state index >= 15 is 0 Å². The van der Waals surface area contributed by atoms with Crippen molar-refractivity contribution in [3.05, 3.63) is 63.7 Å². The van der Waals surface area contributed by atoms with Gasteiger partial charge in [0.05, 0.1) is 17.3 Å². The fraction of sp³-hybridized carbons (Fsp3) is 0.238. The average Bonchev–Trinajstić information content (AvgIpc) is 3.14. The van der Waals surface area contributed by atoms with E-state index in [1.54, 1.807) is 12.1 Å². The molecule has 3 aromatic rings. The molecule has 1 aromatic heterocycles. The molecular weight excluding hydrogens is 456 g/mol. The van der Waals surface area contributed by atoms with E-state index in [0.717, 1.165) is 15.4 Å². The number of hydrogen-bond donors (Lipinski definition) is 2. The van der Waals surface area contributed by atoms with Gasteiger partial charge in [0, 0.05) is 41.6 Å². The summed E-state index contributed by atoms with van der Waals surface area (Å²) in [6.45, 7) is 2.72. The summed E-state index contributed by atoms with van der Waals surface area (Å²) in [6, 6.07) is 15.1. The minimum Gasteiger partial charge on any atom is -0.351 e. The summed E-state index contributed by atoms with van der Waals surface area (Å²) in [5, 5.41) is 4.35. The summed E-state index contributed by atoms with van der Waals surface area (Å²) in [5.41, 5.74) is 2.15. The van der Waals surface area contributed by atoms with Gasteiger partial charge in [0.2, 0.25) is 5.91 Å². The van der Waals surface area contributed by atoms with Crippen LogP contribution in [0.5, 0.6) is 0 Å². The Balaban J connectivity index is 1.30. The van der Waals surface area contributed by atoms with Crippen LogP contribution in [0.25, 0.3) is 10.9 Å². The first kappa shape index (κ1) is 19.9. The van der Waals surface area contributed by atoms with Crippen molar-refractivity contribution in [2.75, 3.05) is 38.0 Å². The van der Waals surface area contributed by atoms with Crippen LogP contribution in [0, 0.1) is 0 Å². The Morgan fingerprint density at radius 2 is 1.83 bits per heavy atom. The van der Waals surface area contributed by atoms with Gasteiger partial charge in [-0.3, -0.25) is 14.5 Å². The highest BCUT2D eigenvalue weighted by molar-refractivity contribution is 9.10. The SMILES string of the molecule is O=C(CN1CCN(C(=O)c2cc3ccccc3[nH]2)CC1)Nc1ccc(Br)cc1Cl. The first-order valence-corrected chi connectivity index (χ1v) is 10.5. The van der Waals surface area contributed by atoms with E-state index in [2.05, 4.69) is 26.2 Å². The molecule has 0 aliphatic carbocycles. The second-order valence-corrected chi connectivity index (χ2v) is 8.33. The van der Waals surface area contributed by atoms with Gasteiger partial charge in [0.25, 0.3) is 5.91 Å². The number of benzene rings is 2. The number of carbonyl (C=O) groups excluding carboxylic acids is 2. The van der Waals surface area contributed by atoms with Gasteiger partial charge in [-0.1, -0.05) is 45.7 Å². The number of para-hydroxylation sites is 1. The van der Waals surface area contributed by atoms with Crippen LogP contribution in [0.3, 0.4) is 0 Å². The standard InChI is InChI=1S/C21H20BrClN4O2/c22-15-5-6-18(16(23)12-15)25-20(28)13-26-7-9-27(10-8-26)21(29)19-11-14-3-1-2-4-17(14)24-19/h1-6,11-12,24H,7-10,13H2,(H,25,28). The third-order valence-corrected chi connectivity index (χ3v) is 5.80. The molecule has 0 spiro atoms. The maximum Gasteiger partial charge on any atom is 0.270 e. The van der Waals surface area contributed by atoms with Crippen LogP contribution < -0.4 is 5.32 Å². The van der Waals surface area contributed by atoms with Crippen molar-refractivity contribution in [3.63, 3.8) is 0 Å². The fourth-order valence-electron chi connectivity index (χ4n) is 3.45. The van der Waals surface area contributed by atoms with Gasteiger partial charge in [0.1, 0.15) is 5.69 Å². The molecule has 2 amide bonds. The number of H-pyrrole nitrogens is 1. The Hall–Kier alpha value is -2.35. The highest BCUT2D eigenvalue weighted by Gasteiger charge is 2.24. The molecular formula is C21H20BrClN4O2. The quantitative estimate of drug-likeness (QED) is 0.600. The first-order chi connectivity index (χ1) is 14.0. The molecule has 1 saturated heterocycles. The summed E-state index contributed by atoms with van der Waals surface area (Å²) < 4.78 is 0.858. The lowest BCUT2D eigenvalue weighted by atomic mass is 10.2. The molecule has 6 nitrogen and oxygen atoms in total. The molecule has 2 N–H and O–H groups in total. The van der Waals surface area contributed by atoms with Crippen LogP contribution in [-0.2, 0) is 4.79 Å². The van der Waals surface area contributed by atoms with E-state index < -0.39 is 0 Å². The number of nitrogens with one attached hydrogen (secondary N) is 2. The number of nitrogens with zero attached hydrogens (tertiary/aromatic N) is 2. The molecule has 8 heteroatoms. The molecule has 0 bridgehead atoms. The van der Waals surface area contributed by atoms with Crippen LogP contribution >= 0.6 is 27.5 Å². The number of carbonyl (C=O) groups is 2. The molecule has 1 aliphatic heterocycles. The Kier molecular flexibility index (Phi) is 5.89. The maximum atomic E-state index is 12.8. The number of aromatic amines is 1. The van der Waals surface area contributed by atoms with E-state index in [4.69, 9.17) is 11.6 Å². The minimum atomic E-state index is -0.121. The number of anilines is 1. The van der Waals surface area contributed by atoms with Gasteiger partial charge in [-0.25, -0.2) is 0 Å². The first-order valence-electron chi connectivity index (χ1n) is 9.34. The number of halogens is 2. The summed E-state index contributed by atoms with van der Waals surface area (Å²) in [5.74, 6) is -0.128. The number of piperazine rings is 1. The van der Waals surface area contributed by atoms with Crippen molar-refractivity contribution in [3.8, 4) is 0 Å². The zero-order valence-corrected chi connectivity index (χ0v) is 18.0. The second-order valence-electron chi connectivity index (χ2n) is 7.01. The van der Waals surface area contributed by atoms with Gasteiger partial charge in [0.15, 0.2) is 0 Å². The van der Waals surface area contributed by atoms with Crippen molar-refractivity contribution in [2.45, 2.75) is 0 Å². The second kappa shape index (κ2) is 8.57. The fourth-order valence-corrected chi connectivity index (χ4v) is 4.17.